The monoisotopic (exact) mass is 371 g/mol. The highest BCUT2D eigenvalue weighted by atomic mass is 35.5. The van der Waals surface area contributed by atoms with E-state index in [9.17, 15) is 0 Å². The second kappa shape index (κ2) is 8.11. The summed E-state index contributed by atoms with van der Waals surface area (Å²) in [6, 6.07) is 20.1. The lowest BCUT2D eigenvalue weighted by Gasteiger charge is -2.19. The van der Waals surface area contributed by atoms with Crippen LogP contribution < -0.4 is 0 Å². The van der Waals surface area contributed by atoms with Gasteiger partial charge in [-0.1, -0.05) is 41.9 Å². The fourth-order valence-electron chi connectivity index (χ4n) is 3.28. The Morgan fingerprint density at radius 1 is 0.741 bits per heavy atom. The average Bonchev–Trinajstić information content (AvgIpc) is 2.74. The summed E-state index contributed by atoms with van der Waals surface area (Å²) >= 11 is 6.05. The Labute approximate surface area is 163 Å². The van der Waals surface area contributed by atoms with Crippen LogP contribution in [0.25, 0.3) is 11.3 Å². The summed E-state index contributed by atoms with van der Waals surface area (Å²) in [6.07, 6.45) is 10.1. The Morgan fingerprint density at radius 3 is 1.96 bits per heavy atom. The largest absolute Gasteiger partial charge is 0.264 e. The van der Waals surface area contributed by atoms with Crippen molar-refractivity contribution < 1.29 is 0 Å². The third-order valence-electron chi connectivity index (χ3n) is 4.61. The van der Waals surface area contributed by atoms with Crippen LogP contribution in [0.15, 0.2) is 91.6 Å². The number of hydrogen-bond acceptors (Lipinski definition) is 3. The van der Waals surface area contributed by atoms with Gasteiger partial charge in [-0.25, -0.2) is 0 Å². The maximum absolute atomic E-state index is 6.05. The van der Waals surface area contributed by atoms with Gasteiger partial charge in [0.25, 0.3) is 0 Å². The molecule has 0 saturated heterocycles. The third kappa shape index (κ3) is 4.04. The van der Waals surface area contributed by atoms with Crippen LogP contribution in [0.5, 0.6) is 0 Å². The van der Waals surface area contributed by atoms with E-state index in [1.807, 2.05) is 61.1 Å². The zero-order chi connectivity index (χ0) is 18.5. The third-order valence-corrected chi connectivity index (χ3v) is 4.86. The molecule has 3 aromatic heterocycles. The number of nitrogens with zero attached hydrogens (tertiary/aromatic N) is 3. The minimum Gasteiger partial charge on any atom is -0.264 e. The molecule has 4 aromatic rings. The molecule has 0 saturated carbocycles. The smallest absolute Gasteiger partial charge is 0.0734 e. The minimum absolute atomic E-state index is 0.155. The highest BCUT2D eigenvalue weighted by Gasteiger charge is 2.18. The van der Waals surface area contributed by atoms with Crippen molar-refractivity contribution in [3.8, 4) is 11.3 Å². The topological polar surface area (TPSA) is 38.7 Å². The van der Waals surface area contributed by atoms with E-state index >= 15 is 0 Å². The zero-order valence-electron chi connectivity index (χ0n) is 14.7. The first-order chi connectivity index (χ1) is 13.3. The van der Waals surface area contributed by atoms with Gasteiger partial charge < -0.3 is 0 Å². The molecule has 3 nitrogen and oxygen atoms in total. The van der Waals surface area contributed by atoms with Crippen LogP contribution in [0.1, 0.15) is 22.6 Å². The molecular formula is C23H18ClN3. The van der Waals surface area contributed by atoms with Gasteiger partial charge in [0.1, 0.15) is 0 Å². The standard InChI is InChI=1S/C23H18ClN3/c24-21-9-7-17(8-10-21)23-18(4-3-13-27-23)14-22(19-5-1-11-25-15-19)20-6-2-12-26-16-20/h1-13,15-16,22H,14H2. The lowest BCUT2D eigenvalue weighted by atomic mass is 9.86. The van der Waals surface area contributed by atoms with Crippen LogP contribution in [0, 0.1) is 0 Å². The summed E-state index contributed by atoms with van der Waals surface area (Å²) < 4.78 is 0. The first kappa shape index (κ1) is 17.4. The molecule has 0 amide bonds. The first-order valence-electron chi connectivity index (χ1n) is 8.81. The van der Waals surface area contributed by atoms with Crippen molar-refractivity contribution in [3.05, 3.63) is 113 Å². The number of halogens is 1. The predicted octanol–water partition coefficient (Wildman–Crippen LogP) is 5.57. The van der Waals surface area contributed by atoms with E-state index in [4.69, 9.17) is 11.6 Å². The van der Waals surface area contributed by atoms with E-state index in [1.54, 1.807) is 12.4 Å². The van der Waals surface area contributed by atoms with Gasteiger partial charge in [-0.3, -0.25) is 15.0 Å². The number of rotatable bonds is 5. The summed E-state index contributed by atoms with van der Waals surface area (Å²) in [5.74, 6) is 0.155. The molecule has 0 fully saturated rings. The lowest BCUT2D eigenvalue weighted by molar-refractivity contribution is 0.792. The molecule has 1 aromatic carbocycles. The summed E-state index contributed by atoms with van der Waals surface area (Å²) in [4.78, 5) is 13.3. The van der Waals surface area contributed by atoms with Gasteiger partial charge in [0.05, 0.1) is 5.69 Å². The van der Waals surface area contributed by atoms with Crippen LogP contribution >= 0.6 is 11.6 Å². The van der Waals surface area contributed by atoms with E-state index in [0.29, 0.717) is 0 Å². The van der Waals surface area contributed by atoms with Gasteiger partial charge >= 0.3 is 0 Å². The quantitative estimate of drug-likeness (QED) is 0.460. The van der Waals surface area contributed by atoms with Gasteiger partial charge in [0.15, 0.2) is 0 Å². The molecule has 4 rings (SSSR count). The maximum Gasteiger partial charge on any atom is 0.0734 e. The number of pyridine rings is 3. The van der Waals surface area contributed by atoms with Crippen molar-refractivity contribution in [1.29, 1.82) is 0 Å². The molecule has 0 aliphatic rings. The number of aromatic nitrogens is 3. The molecule has 0 bridgehead atoms. The van der Waals surface area contributed by atoms with Crippen molar-refractivity contribution in [1.82, 2.24) is 15.0 Å². The van der Waals surface area contributed by atoms with Crippen molar-refractivity contribution in [3.63, 3.8) is 0 Å². The molecule has 0 radical (unpaired) electrons. The molecule has 0 spiro atoms. The Kier molecular flexibility index (Phi) is 5.22. The van der Waals surface area contributed by atoms with Crippen molar-refractivity contribution in [2.45, 2.75) is 12.3 Å². The van der Waals surface area contributed by atoms with Crippen molar-refractivity contribution in [2.75, 3.05) is 0 Å². The highest BCUT2D eigenvalue weighted by molar-refractivity contribution is 6.30. The van der Waals surface area contributed by atoms with E-state index in [1.165, 1.54) is 5.56 Å². The van der Waals surface area contributed by atoms with Gasteiger partial charge in [0.2, 0.25) is 0 Å². The zero-order valence-corrected chi connectivity index (χ0v) is 15.4. The van der Waals surface area contributed by atoms with Crippen LogP contribution in [0.3, 0.4) is 0 Å². The lowest BCUT2D eigenvalue weighted by Crippen LogP contribution is -2.07. The molecule has 0 unspecified atom stereocenters. The first-order valence-corrected chi connectivity index (χ1v) is 9.19. The summed E-state index contributed by atoms with van der Waals surface area (Å²) in [7, 11) is 0. The summed E-state index contributed by atoms with van der Waals surface area (Å²) in [5, 5.41) is 0.722. The Balaban J connectivity index is 1.75. The highest BCUT2D eigenvalue weighted by Crippen LogP contribution is 2.31. The van der Waals surface area contributed by atoms with E-state index in [-0.39, 0.29) is 5.92 Å². The molecule has 27 heavy (non-hydrogen) atoms. The van der Waals surface area contributed by atoms with Crippen LogP contribution in [-0.2, 0) is 6.42 Å². The molecule has 132 valence electrons. The predicted molar refractivity (Wildman–Crippen MR) is 109 cm³/mol. The molecule has 0 aliphatic carbocycles. The van der Waals surface area contributed by atoms with Gasteiger partial charge in [-0.05, 0) is 53.4 Å². The summed E-state index contributed by atoms with van der Waals surface area (Å²) in [5.41, 5.74) is 5.54. The fraction of sp³-hybridized carbons (Fsp3) is 0.0870. The van der Waals surface area contributed by atoms with E-state index in [0.717, 1.165) is 33.8 Å². The van der Waals surface area contributed by atoms with Crippen molar-refractivity contribution in [2.24, 2.45) is 0 Å². The molecule has 3 heterocycles. The van der Waals surface area contributed by atoms with E-state index in [2.05, 4.69) is 33.2 Å². The fourth-order valence-corrected chi connectivity index (χ4v) is 3.41. The van der Waals surface area contributed by atoms with Crippen LogP contribution in [-0.4, -0.2) is 15.0 Å². The van der Waals surface area contributed by atoms with Crippen molar-refractivity contribution >= 4 is 11.6 Å². The Morgan fingerprint density at radius 2 is 1.37 bits per heavy atom. The second-order valence-electron chi connectivity index (χ2n) is 6.35. The minimum atomic E-state index is 0.155. The van der Waals surface area contributed by atoms with Gasteiger partial charge in [-0.2, -0.15) is 0 Å². The molecule has 0 N–H and O–H groups in total. The Bertz CT molecular complexity index is 963. The number of hydrogen-bond donors (Lipinski definition) is 0. The van der Waals surface area contributed by atoms with Crippen LogP contribution in [0.4, 0.5) is 0 Å². The molecule has 4 heteroatoms. The van der Waals surface area contributed by atoms with E-state index < -0.39 is 0 Å². The molecular weight excluding hydrogens is 354 g/mol. The van der Waals surface area contributed by atoms with Crippen LogP contribution in [0.2, 0.25) is 5.02 Å². The van der Waals surface area contributed by atoms with Gasteiger partial charge in [0, 0.05) is 47.5 Å². The van der Waals surface area contributed by atoms with Gasteiger partial charge in [-0.15, -0.1) is 0 Å². The molecule has 0 aliphatic heterocycles. The maximum atomic E-state index is 6.05. The average molecular weight is 372 g/mol. The second-order valence-corrected chi connectivity index (χ2v) is 6.78. The SMILES string of the molecule is Clc1ccc(-c2ncccc2CC(c2cccnc2)c2cccnc2)cc1. The Hall–Kier alpha value is -3.04. The number of benzene rings is 1. The summed E-state index contributed by atoms with van der Waals surface area (Å²) in [6.45, 7) is 0. The molecule has 0 atom stereocenters. The normalized spacial score (nSPS) is 10.9.